The van der Waals surface area contributed by atoms with Gasteiger partial charge in [0, 0.05) is 28.1 Å². The van der Waals surface area contributed by atoms with E-state index in [2.05, 4.69) is 132 Å². The van der Waals surface area contributed by atoms with Gasteiger partial charge >= 0.3 is 0 Å². The molecule has 0 N–H and O–H groups in total. The van der Waals surface area contributed by atoms with Crippen LogP contribution in [0.3, 0.4) is 0 Å². The molecule has 0 bridgehead atoms. The molecule has 0 unspecified atom stereocenters. The fourth-order valence-corrected chi connectivity index (χ4v) is 6.37. The molecule has 8 aromatic rings. The number of fused-ring (bicyclic) bond motifs is 3. The molecule has 2 heterocycles. The predicted octanol–water partition coefficient (Wildman–Crippen LogP) is 10.7. The van der Waals surface area contributed by atoms with Gasteiger partial charge in [0.05, 0.1) is 34.6 Å². The van der Waals surface area contributed by atoms with Crippen LogP contribution in [0.15, 0.2) is 164 Å². The number of rotatable bonds is 5. The van der Waals surface area contributed by atoms with Gasteiger partial charge in [-0.1, -0.05) is 115 Å². The number of aromatic nitrogens is 2. The van der Waals surface area contributed by atoms with E-state index in [1.807, 2.05) is 42.7 Å². The summed E-state index contributed by atoms with van der Waals surface area (Å²) in [7, 11) is 0. The first-order valence-electron chi connectivity index (χ1n) is 15.0. The number of hydrogen-bond donors (Lipinski definition) is 0. The molecule has 2 aromatic heterocycles. The van der Waals surface area contributed by atoms with Crippen molar-refractivity contribution in [2.75, 3.05) is 0 Å². The van der Waals surface area contributed by atoms with Crippen LogP contribution >= 0.6 is 0 Å². The molecule has 6 aromatic carbocycles. The third-order valence-electron chi connectivity index (χ3n) is 8.53. The van der Waals surface area contributed by atoms with Crippen LogP contribution in [0.1, 0.15) is 5.56 Å². The Balaban J connectivity index is 1.46. The summed E-state index contributed by atoms with van der Waals surface area (Å²) < 4.78 is 2.35. The predicted molar refractivity (Wildman–Crippen MR) is 185 cm³/mol. The van der Waals surface area contributed by atoms with E-state index >= 15 is 0 Å². The smallest absolute Gasteiger partial charge is 0.0991 e. The fraction of sp³-hybridized carbons (Fsp3) is 0. The van der Waals surface area contributed by atoms with Gasteiger partial charge in [-0.15, -0.1) is 0 Å². The highest BCUT2D eigenvalue weighted by Gasteiger charge is 2.20. The summed E-state index contributed by atoms with van der Waals surface area (Å²) >= 11 is 0. The second-order valence-electron chi connectivity index (χ2n) is 11.2. The van der Waals surface area contributed by atoms with Crippen LogP contribution in [0.5, 0.6) is 0 Å². The molecular formula is C42H27N3. The van der Waals surface area contributed by atoms with Crippen molar-refractivity contribution >= 4 is 21.8 Å². The van der Waals surface area contributed by atoms with Crippen molar-refractivity contribution in [2.24, 2.45) is 0 Å². The van der Waals surface area contributed by atoms with Gasteiger partial charge in [-0.25, -0.2) is 0 Å². The summed E-state index contributed by atoms with van der Waals surface area (Å²) in [6, 6.07) is 55.1. The maximum atomic E-state index is 9.52. The van der Waals surface area contributed by atoms with Gasteiger partial charge in [0.1, 0.15) is 0 Å². The average molecular weight is 574 g/mol. The molecule has 0 saturated heterocycles. The SMILES string of the molecule is N#Cc1ccc(-c2c(-c3ccccc3)cncc2-n2c3ccc(-c4ccccc4)cc3c3cc(-c4ccccc4)ccc32)cc1. The van der Waals surface area contributed by atoms with Crippen LogP contribution in [-0.2, 0) is 0 Å². The summed E-state index contributed by atoms with van der Waals surface area (Å²) in [4.78, 5) is 4.81. The number of benzene rings is 6. The Morgan fingerprint density at radius 3 is 1.47 bits per heavy atom. The zero-order chi connectivity index (χ0) is 30.2. The first kappa shape index (κ1) is 26.4. The highest BCUT2D eigenvalue weighted by atomic mass is 15.0. The average Bonchev–Trinajstić information content (AvgIpc) is 3.45. The molecule has 8 rings (SSSR count). The maximum Gasteiger partial charge on any atom is 0.0991 e. The Bertz CT molecular complexity index is 2250. The summed E-state index contributed by atoms with van der Waals surface area (Å²) in [5, 5.41) is 11.9. The molecule has 0 saturated carbocycles. The number of hydrogen-bond acceptors (Lipinski definition) is 2. The Kier molecular flexibility index (Phi) is 6.52. The molecule has 3 nitrogen and oxygen atoms in total. The molecule has 0 aliphatic heterocycles. The van der Waals surface area contributed by atoms with Crippen LogP contribution in [-0.4, -0.2) is 9.55 Å². The molecule has 0 atom stereocenters. The van der Waals surface area contributed by atoms with Gasteiger partial charge < -0.3 is 4.57 Å². The third-order valence-corrected chi connectivity index (χ3v) is 8.53. The fourth-order valence-electron chi connectivity index (χ4n) is 6.37. The molecule has 0 fully saturated rings. The van der Waals surface area contributed by atoms with E-state index in [0.29, 0.717) is 5.56 Å². The Labute approximate surface area is 261 Å². The monoisotopic (exact) mass is 573 g/mol. The zero-order valence-corrected chi connectivity index (χ0v) is 24.4. The van der Waals surface area contributed by atoms with Crippen molar-refractivity contribution in [3.63, 3.8) is 0 Å². The normalized spacial score (nSPS) is 11.1. The van der Waals surface area contributed by atoms with Crippen molar-refractivity contribution in [3.05, 3.63) is 170 Å². The third kappa shape index (κ3) is 4.66. The summed E-state index contributed by atoms with van der Waals surface area (Å²) in [5.41, 5.74) is 12.8. The summed E-state index contributed by atoms with van der Waals surface area (Å²) in [6.07, 6.45) is 3.91. The molecule has 45 heavy (non-hydrogen) atoms. The number of nitriles is 1. The molecule has 0 aliphatic rings. The van der Waals surface area contributed by atoms with Crippen molar-refractivity contribution in [3.8, 4) is 56.3 Å². The molecule has 0 radical (unpaired) electrons. The van der Waals surface area contributed by atoms with E-state index in [0.717, 1.165) is 39.0 Å². The van der Waals surface area contributed by atoms with Crippen molar-refractivity contribution in [1.82, 2.24) is 9.55 Å². The minimum atomic E-state index is 0.634. The van der Waals surface area contributed by atoms with Crippen LogP contribution < -0.4 is 0 Å². The molecule has 210 valence electrons. The minimum Gasteiger partial charge on any atom is -0.307 e. The van der Waals surface area contributed by atoms with E-state index in [4.69, 9.17) is 4.98 Å². The van der Waals surface area contributed by atoms with Crippen LogP contribution in [0.4, 0.5) is 0 Å². The van der Waals surface area contributed by atoms with Gasteiger partial charge in [-0.2, -0.15) is 5.26 Å². The van der Waals surface area contributed by atoms with E-state index < -0.39 is 0 Å². The number of nitrogens with zero attached hydrogens (tertiary/aromatic N) is 3. The topological polar surface area (TPSA) is 41.6 Å². The van der Waals surface area contributed by atoms with Gasteiger partial charge in [0.15, 0.2) is 0 Å². The first-order chi connectivity index (χ1) is 22.3. The summed E-state index contributed by atoms with van der Waals surface area (Å²) in [5.74, 6) is 0. The lowest BCUT2D eigenvalue weighted by molar-refractivity contribution is 1.14. The summed E-state index contributed by atoms with van der Waals surface area (Å²) in [6.45, 7) is 0. The van der Waals surface area contributed by atoms with E-state index in [9.17, 15) is 5.26 Å². The Morgan fingerprint density at radius 2 is 0.956 bits per heavy atom. The lowest BCUT2D eigenvalue weighted by atomic mass is 9.94. The van der Waals surface area contributed by atoms with E-state index in [1.165, 1.54) is 33.0 Å². The van der Waals surface area contributed by atoms with Gasteiger partial charge in [0.25, 0.3) is 0 Å². The Hall–Kier alpha value is -6.24. The van der Waals surface area contributed by atoms with Gasteiger partial charge in [-0.05, 0) is 69.8 Å². The lowest BCUT2D eigenvalue weighted by Crippen LogP contribution is -2.00. The molecule has 3 heteroatoms. The van der Waals surface area contributed by atoms with Crippen molar-refractivity contribution in [1.29, 1.82) is 5.26 Å². The zero-order valence-electron chi connectivity index (χ0n) is 24.4. The quantitative estimate of drug-likeness (QED) is 0.205. The highest BCUT2D eigenvalue weighted by Crippen LogP contribution is 2.42. The minimum absolute atomic E-state index is 0.634. The van der Waals surface area contributed by atoms with Crippen LogP contribution in [0, 0.1) is 11.3 Å². The standard InChI is InChI=1S/C42H27N3/c43-26-29-16-18-33(19-17-29)42-38(32-14-8-3-9-15-32)27-44-28-41(42)45-39-22-20-34(30-10-4-1-5-11-30)24-36(39)37-25-35(21-23-40(37)45)31-12-6-2-7-13-31/h1-25,27-28H. The van der Waals surface area contributed by atoms with Gasteiger partial charge in [0.2, 0.25) is 0 Å². The van der Waals surface area contributed by atoms with Crippen LogP contribution in [0.2, 0.25) is 0 Å². The molecule has 0 aliphatic carbocycles. The Morgan fingerprint density at radius 1 is 0.467 bits per heavy atom. The molecule has 0 amide bonds. The second-order valence-corrected chi connectivity index (χ2v) is 11.2. The van der Waals surface area contributed by atoms with Gasteiger partial charge in [-0.3, -0.25) is 4.98 Å². The van der Waals surface area contributed by atoms with E-state index in [1.54, 1.807) is 0 Å². The largest absolute Gasteiger partial charge is 0.307 e. The van der Waals surface area contributed by atoms with Crippen LogP contribution in [0.25, 0.3) is 72.0 Å². The van der Waals surface area contributed by atoms with E-state index in [-0.39, 0.29) is 0 Å². The second kappa shape index (κ2) is 11.1. The van der Waals surface area contributed by atoms with Crippen molar-refractivity contribution < 1.29 is 0 Å². The molecular weight excluding hydrogens is 546 g/mol. The highest BCUT2D eigenvalue weighted by molar-refractivity contribution is 6.12. The molecule has 0 spiro atoms. The van der Waals surface area contributed by atoms with Crippen molar-refractivity contribution in [2.45, 2.75) is 0 Å². The lowest BCUT2D eigenvalue weighted by Gasteiger charge is -2.18. The maximum absolute atomic E-state index is 9.52. The number of pyridine rings is 1. The first-order valence-corrected chi connectivity index (χ1v) is 15.0.